The van der Waals surface area contributed by atoms with E-state index < -0.39 is 12.1 Å². The highest BCUT2D eigenvalue weighted by atomic mass is 16.2. The molecule has 1 unspecified atom stereocenters. The van der Waals surface area contributed by atoms with Gasteiger partial charge in [0.15, 0.2) is 0 Å². The van der Waals surface area contributed by atoms with E-state index >= 15 is 0 Å². The minimum Gasteiger partial charge on any atom is -0.345 e. The Hall–Kier alpha value is -2.64. The van der Waals surface area contributed by atoms with Crippen molar-refractivity contribution in [2.45, 2.75) is 25.8 Å². The first-order valence-electron chi connectivity index (χ1n) is 7.96. The summed E-state index contributed by atoms with van der Waals surface area (Å²) in [6.07, 6.45) is 2.90. The van der Waals surface area contributed by atoms with Crippen molar-refractivity contribution in [1.82, 2.24) is 20.1 Å². The van der Waals surface area contributed by atoms with Gasteiger partial charge >= 0.3 is 6.03 Å². The number of hydrogen-bond acceptors (Lipinski definition) is 4. The van der Waals surface area contributed by atoms with Crippen molar-refractivity contribution in [3.05, 3.63) is 23.9 Å². The molecule has 2 rings (SSSR count). The number of amides is 4. The van der Waals surface area contributed by atoms with Crippen LogP contribution in [-0.2, 0) is 4.79 Å². The van der Waals surface area contributed by atoms with Gasteiger partial charge in [0.1, 0.15) is 11.9 Å². The average molecular weight is 333 g/mol. The average Bonchev–Trinajstić information content (AvgIpc) is 2.56. The Morgan fingerprint density at radius 2 is 2.12 bits per heavy atom. The van der Waals surface area contributed by atoms with Crippen LogP contribution in [0.5, 0.6) is 0 Å². The van der Waals surface area contributed by atoms with Gasteiger partial charge in [-0.15, -0.1) is 0 Å². The fourth-order valence-corrected chi connectivity index (χ4v) is 2.55. The Labute approximate surface area is 141 Å². The van der Waals surface area contributed by atoms with Crippen molar-refractivity contribution in [1.29, 1.82) is 0 Å². The minimum atomic E-state index is -0.506. The monoisotopic (exact) mass is 333 g/mol. The topological polar surface area (TPSA) is 94.6 Å². The van der Waals surface area contributed by atoms with E-state index in [4.69, 9.17) is 0 Å². The molecule has 2 N–H and O–H groups in total. The molecule has 1 atom stereocenters. The lowest BCUT2D eigenvalue weighted by Gasteiger charge is -2.31. The molecule has 1 aliphatic rings. The first-order valence-corrected chi connectivity index (χ1v) is 7.96. The molecule has 0 aliphatic carbocycles. The summed E-state index contributed by atoms with van der Waals surface area (Å²) < 4.78 is 0. The third kappa shape index (κ3) is 4.21. The molecule has 0 saturated carbocycles. The van der Waals surface area contributed by atoms with E-state index in [1.807, 2.05) is 6.92 Å². The lowest BCUT2D eigenvalue weighted by atomic mass is 10.1. The molecule has 1 aromatic rings. The Morgan fingerprint density at radius 3 is 2.71 bits per heavy atom. The van der Waals surface area contributed by atoms with E-state index in [-0.39, 0.29) is 11.8 Å². The van der Waals surface area contributed by atoms with Crippen LogP contribution in [0.15, 0.2) is 18.3 Å². The van der Waals surface area contributed by atoms with Crippen molar-refractivity contribution in [3.8, 4) is 0 Å². The Balaban J connectivity index is 1.92. The molecule has 130 valence electrons. The maximum Gasteiger partial charge on any atom is 0.321 e. The van der Waals surface area contributed by atoms with Crippen LogP contribution in [0.1, 0.15) is 30.1 Å². The second-order valence-electron chi connectivity index (χ2n) is 5.84. The quantitative estimate of drug-likeness (QED) is 0.856. The third-order valence-electron chi connectivity index (χ3n) is 3.88. The third-order valence-corrected chi connectivity index (χ3v) is 3.88. The van der Waals surface area contributed by atoms with Crippen LogP contribution in [0, 0.1) is 0 Å². The van der Waals surface area contributed by atoms with E-state index in [1.165, 1.54) is 11.1 Å². The normalized spacial score (nSPS) is 17.4. The van der Waals surface area contributed by atoms with Gasteiger partial charge in [0.25, 0.3) is 5.91 Å². The van der Waals surface area contributed by atoms with Crippen LogP contribution in [0.3, 0.4) is 0 Å². The number of rotatable bonds is 4. The van der Waals surface area contributed by atoms with Gasteiger partial charge in [-0.3, -0.25) is 14.9 Å². The van der Waals surface area contributed by atoms with E-state index in [0.717, 1.165) is 13.0 Å². The number of hydrogen-bond donors (Lipinski definition) is 2. The summed E-state index contributed by atoms with van der Waals surface area (Å²) >= 11 is 0. The summed E-state index contributed by atoms with van der Waals surface area (Å²) in [6.45, 7) is 3.29. The standard InChI is InChI=1S/C16H23N5O3/c1-4-21-9-5-6-12(15(21)23)18-16(24)19-13-8-7-11(10-17-13)14(22)20(2)3/h7-8,10,12H,4-6,9H2,1-3H3,(H2,17,18,19,24). The fourth-order valence-electron chi connectivity index (χ4n) is 2.55. The molecule has 1 saturated heterocycles. The SMILES string of the molecule is CCN1CCCC(NC(=O)Nc2ccc(C(=O)N(C)C)cn2)C1=O. The van der Waals surface area contributed by atoms with Crippen molar-refractivity contribution < 1.29 is 14.4 Å². The summed E-state index contributed by atoms with van der Waals surface area (Å²) in [7, 11) is 3.31. The van der Waals surface area contributed by atoms with Gasteiger partial charge in [-0.05, 0) is 31.9 Å². The molecule has 8 nitrogen and oxygen atoms in total. The smallest absolute Gasteiger partial charge is 0.321 e. The predicted molar refractivity (Wildman–Crippen MR) is 89.7 cm³/mol. The first-order chi connectivity index (χ1) is 11.4. The molecule has 8 heteroatoms. The van der Waals surface area contributed by atoms with E-state index in [1.54, 1.807) is 31.1 Å². The van der Waals surface area contributed by atoms with Crippen molar-refractivity contribution in [3.63, 3.8) is 0 Å². The van der Waals surface area contributed by atoms with Gasteiger partial charge in [0.05, 0.1) is 5.56 Å². The number of nitrogens with one attached hydrogen (secondary N) is 2. The zero-order valence-electron chi connectivity index (χ0n) is 14.2. The van der Waals surface area contributed by atoms with Gasteiger partial charge in [0.2, 0.25) is 5.91 Å². The molecule has 1 aliphatic heterocycles. The lowest BCUT2D eigenvalue weighted by Crippen LogP contribution is -2.53. The minimum absolute atomic E-state index is 0.0567. The number of carbonyl (C=O) groups is 3. The zero-order valence-corrected chi connectivity index (χ0v) is 14.2. The number of piperidine rings is 1. The number of likely N-dealkylation sites (N-methyl/N-ethyl adjacent to an activating group) is 1. The number of carbonyl (C=O) groups excluding carboxylic acids is 3. The van der Waals surface area contributed by atoms with Gasteiger partial charge in [0, 0.05) is 33.4 Å². The van der Waals surface area contributed by atoms with Gasteiger partial charge in [-0.25, -0.2) is 9.78 Å². The molecular formula is C16H23N5O3. The Kier molecular flexibility index (Phi) is 5.73. The Morgan fingerprint density at radius 1 is 1.38 bits per heavy atom. The maximum absolute atomic E-state index is 12.2. The van der Waals surface area contributed by atoms with E-state index in [0.29, 0.717) is 24.3 Å². The summed E-state index contributed by atoms with van der Waals surface area (Å²) in [4.78, 5) is 43.2. The summed E-state index contributed by atoms with van der Waals surface area (Å²) in [5.74, 6) is 0.100. The number of pyridine rings is 1. The van der Waals surface area contributed by atoms with Crippen LogP contribution in [0.2, 0.25) is 0 Å². The molecule has 4 amide bonds. The molecular weight excluding hydrogens is 310 g/mol. The molecule has 0 spiro atoms. The molecule has 0 radical (unpaired) electrons. The molecule has 0 aromatic carbocycles. The first kappa shape index (κ1) is 17.7. The van der Waals surface area contributed by atoms with Crippen LogP contribution < -0.4 is 10.6 Å². The van der Waals surface area contributed by atoms with Gasteiger partial charge < -0.3 is 15.1 Å². The van der Waals surface area contributed by atoms with Crippen LogP contribution in [0.25, 0.3) is 0 Å². The number of nitrogens with zero attached hydrogens (tertiary/aromatic N) is 3. The second-order valence-corrected chi connectivity index (χ2v) is 5.84. The van der Waals surface area contributed by atoms with Gasteiger partial charge in [-0.2, -0.15) is 0 Å². The number of urea groups is 1. The van der Waals surface area contributed by atoms with Gasteiger partial charge in [-0.1, -0.05) is 0 Å². The van der Waals surface area contributed by atoms with Crippen molar-refractivity contribution in [2.75, 3.05) is 32.5 Å². The molecule has 1 fully saturated rings. The molecule has 2 heterocycles. The maximum atomic E-state index is 12.2. The van der Waals surface area contributed by atoms with Crippen LogP contribution in [0.4, 0.5) is 10.6 Å². The van der Waals surface area contributed by atoms with Crippen molar-refractivity contribution in [2.24, 2.45) is 0 Å². The zero-order chi connectivity index (χ0) is 17.7. The largest absolute Gasteiger partial charge is 0.345 e. The number of aromatic nitrogens is 1. The predicted octanol–water partition coefficient (Wildman–Crippen LogP) is 0.916. The van der Waals surface area contributed by atoms with Crippen molar-refractivity contribution >= 4 is 23.7 Å². The lowest BCUT2D eigenvalue weighted by molar-refractivity contribution is -0.135. The fraction of sp³-hybridized carbons (Fsp3) is 0.500. The van der Waals surface area contributed by atoms with Crippen LogP contribution in [-0.4, -0.2) is 65.9 Å². The highest BCUT2D eigenvalue weighted by Crippen LogP contribution is 2.12. The number of anilines is 1. The molecule has 0 bridgehead atoms. The summed E-state index contributed by atoms with van der Waals surface area (Å²) in [5.41, 5.74) is 0.437. The highest BCUT2D eigenvalue weighted by molar-refractivity contribution is 5.95. The summed E-state index contributed by atoms with van der Waals surface area (Å²) in [5, 5.41) is 5.26. The summed E-state index contributed by atoms with van der Waals surface area (Å²) in [6, 6.07) is 2.16. The van der Waals surface area contributed by atoms with Crippen LogP contribution >= 0.6 is 0 Å². The molecule has 24 heavy (non-hydrogen) atoms. The van der Waals surface area contributed by atoms with E-state index in [2.05, 4.69) is 15.6 Å². The van der Waals surface area contributed by atoms with E-state index in [9.17, 15) is 14.4 Å². The second kappa shape index (κ2) is 7.76. The highest BCUT2D eigenvalue weighted by Gasteiger charge is 2.28. The molecule has 1 aromatic heterocycles. The Bertz CT molecular complexity index is 615. The number of likely N-dealkylation sites (tertiary alicyclic amines) is 1.